The second-order valence-corrected chi connectivity index (χ2v) is 5.20. The molecule has 20 heavy (non-hydrogen) atoms. The maximum atomic E-state index is 11.3. The molecule has 1 unspecified atom stereocenters. The van der Waals surface area contributed by atoms with Crippen molar-refractivity contribution in [1.82, 2.24) is 4.98 Å². The number of thiazole rings is 1. The molecule has 6 nitrogen and oxygen atoms in total. The summed E-state index contributed by atoms with van der Waals surface area (Å²) in [6, 6.07) is 2.12. The lowest BCUT2D eigenvalue weighted by Crippen LogP contribution is -2.41. The number of rotatable bonds is 5. The topological polar surface area (TPSA) is 75.4 Å². The summed E-state index contributed by atoms with van der Waals surface area (Å²) in [5.74, 6) is -0.196. The molecule has 1 aromatic rings. The van der Waals surface area contributed by atoms with E-state index in [1.807, 2.05) is 5.38 Å². The molecular formula is C13H17N3O3S. The molecular weight excluding hydrogens is 278 g/mol. The summed E-state index contributed by atoms with van der Waals surface area (Å²) in [6.45, 7) is 4.02. The van der Waals surface area contributed by atoms with Gasteiger partial charge >= 0.3 is 5.97 Å². The van der Waals surface area contributed by atoms with Gasteiger partial charge in [0.1, 0.15) is 0 Å². The van der Waals surface area contributed by atoms with Crippen LogP contribution in [-0.2, 0) is 20.7 Å². The molecule has 1 atom stereocenters. The highest BCUT2D eigenvalue weighted by Crippen LogP contribution is 2.23. The summed E-state index contributed by atoms with van der Waals surface area (Å²) in [5.41, 5.74) is 0.887. The van der Waals surface area contributed by atoms with Gasteiger partial charge in [-0.05, 0) is 6.92 Å². The summed E-state index contributed by atoms with van der Waals surface area (Å²) in [7, 11) is 0. The Kier molecular flexibility index (Phi) is 5.32. The number of morpholine rings is 1. The fraction of sp³-hybridized carbons (Fsp3) is 0.615. The number of aromatic nitrogens is 1. The lowest BCUT2D eigenvalue weighted by Gasteiger charge is -2.29. The van der Waals surface area contributed by atoms with Crippen LogP contribution >= 0.6 is 11.3 Å². The van der Waals surface area contributed by atoms with E-state index < -0.39 is 6.10 Å². The van der Waals surface area contributed by atoms with E-state index in [9.17, 15) is 4.79 Å². The van der Waals surface area contributed by atoms with E-state index in [0.717, 1.165) is 17.4 Å². The number of carbonyl (C=O) groups excluding carboxylic acids is 1. The number of anilines is 1. The maximum absolute atomic E-state index is 11.3. The SMILES string of the molecule is CCOC(=O)CCc1csc(N2CCOC(C#N)C2)n1. The maximum Gasteiger partial charge on any atom is 0.306 e. The Balaban J connectivity index is 1.88. The van der Waals surface area contributed by atoms with E-state index in [4.69, 9.17) is 14.7 Å². The molecule has 0 radical (unpaired) electrons. The van der Waals surface area contributed by atoms with Gasteiger partial charge in [0.25, 0.3) is 0 Å². The molecule has 0 bridgehead atoms. The second-order valence-electron chi connectivity index (χ2n) is 4.36. The smallest absolute Gasteiger partial charge is 0.306 e. The normalized spacial score (nSPS) is 18.6. The molecule has 1 saturated heterocycles. The van der Waals surface area contributed by atoms with Gasteiger partial charge in [-0.1, -0.05) is 0 Å². The molecule has 1 aromatic heterocycles. The highest BCUT2D eigenvalue weighted by atomic mass is 32.1. The zero-order valence-corrected chi connectivity index (χ0v) is 12.2. The molecule has 0 spiro atoms. The van der Waals surface area contributed by atoms with Crippen molar-refractivity contribution in [3.63, 3.8) is 0 Å². The van der Waals surface area contributed by atoms with Crippen molar-refractivity contribution >= 4 is 22.4 Å². The Hall–Kier alpha value is -1.65. The molecule has 1 fully saturated rings. The minimum absolute atomic E-state index is 0.196. The lowest BCUT2D eigenvalue weighted by molar-refractivity contribution is -0.143. The predicted molar refractivity (Wildman–Crippen MR) is 74.6 cm³/mol. The molecule has 1 aliphatic heterocycles. The van der Waals surface area contributed by atoms with Crippen molar-refractivity contribution in [3.05, 3.63) is 11.1 Å². The van der Waals surface area contributed by atoms with Crippen molar-refractivity contribution in [2.45, 2.75) is 25.9 Å². The van der Waals surface area contributed by atoms with Crippen LogP contribution in [0.3, 0.4) is 0 Å². The van der Waals surface area contributed by atoms with Gasteiger partial charge in [0.15, 0.2) is 11.2 Å². The van der Waals surface area contributed by atoms with E-state index in [2.05, 4.69) is 16.0 Å². The average molecular weight is 295 g/mol. The van der Waals surface area contributed by atoms with Crippen molar-refractivity contribution in [1.29, 1.82) is 5.26 Å². The van der Waals surface area contributed by atoms with Crippen LogP contribution in [0.15, 0.2) is 5.38 Å². The van der Waals surface area contributed by atoms with Crippen molar-refractivity contribution < 1.29 is 14.3 Å². The minimum atomic E-state index is -0.393. The Bertz CT molecular complexity index is 497. The monoisotopic (exact) mass is 295 g/mol. The van der Waals surface area contributed by atoms with Crippen molar-refractivity contribution in [3.8, 4) is 6.07 Å². The van der Waals surface area contributed by atoms with E-state index in [-0.39, 0.29) is 5.97 Å². The summed E-state index contributed by atoms with van der Waals surface area (Å²) >= 11 is 1.53. The van der Waals surface area contributed by atoms with Crippen molar-refractivity contribution in [2.24, 2.45) is 0 Å². The highest BCUT2D eigenvalue weighted by molar-refractivity contribution is 7.13. The van der Waals surface area contributed by atoms with Gasteiger partial charge < -0.3 is 14.4 Å². The second kappa shape index (κ2) is 7.22. The number of nitrogens with zero attached hydrogens (tertiary/aromatic N) is 3. The average Bonchev–Trinajstić information content (AvgIpc) is 2.94. The highest BCUT2D eigenvalue weighted by Gasteiger charge is 2.22. The third-order valence-corrected chi connectivity index (χ3v) is 3.86. The van der Waals surface area contributed by atoms with Gasteiger partial charge in [-0.15, -0.1) is 11.3 Å². The molecule has 2 rings (SSSR count). The number of hydrogen-bond acceptors (Lipinski definition) is 7. The Morgan fingerprint density at radius 2 is 2.60 bits per heavy atom. The quantitative estimate of drug-likeness (QED) is 0.764. The molecule has 0 aromatic carbocycles. The van der Waals surface area contributed by atoms with Crippen LogP contribution < -0.4 is 4.90 Å². The summed E-state index contributed by atoms with van der Waals surface area (Å²) < 4.78 is 10.2. The number of nitriles is 1. The fourth-order valence-electron chi connectivity index (χ4n) is 1.92. The van der Waals surface area contributed by atoms with Gasteiger partial charge in [0, 0.05) is 18.3 Å². The van der Waals surface area contributed by atoms with Crippen LogP contribution in [0.2, 0.25) is 0 Å². The molecule has 0 N–H and O–H groups in total. The van der Waals surface area contributed by atoms with Gasteiger partial charge in [-0.3, -0.25) is 4.79 Å². The number of esters is 1. The molecule has 1 aliphatic rings. The fourth-order valence-corrected chi connectivity index (χ4v) is 2.82. The molecule has 0 aliphatic carbocycles. The first-order valence-electron chi connectivity index (χ1n) is 6.59. The minimum Gasteiger partial charge on any atom is -0.466 e. The molecule has 0 saturated carbocycles. The van der Waals surface area contributed by atoms with E-state index in [0.29, 0.717) is 32.6 Å². The first-order valence-corrected chi connectivity index (χ1v) is 7.47. The number of hydrogen-bond donors (Lipinski definition) is 0. The molecule has 0 amide bonds. The predicted octanol–water partition coefficient (Wildman–Crippen LogP) is 1.37. The molecule has 7 heteroatoms. The summed E-state index contributed by atoms with van der Waals surface area (Å²) in [4.78, 5) is 17.9. The third kappa shape index (κ3) is 3.92. The van der Waals surface area contributed by atoms with Gasteiger partial charge in [0.2, 0.25) is 0 Å². The first kappa shape index (κ1) is 14.8. The van der Waals surface area contributed by atoms with Crippen LogP contribution in [0, 0.1) is 11.3 Å². The molecule has 2 heterocycles. The number of aryl methyl sites for hydroxylation is 1. The number of ether oxygens (including phenoxy) is 2. The molecule has 108 valence electrons. The van der Waals surface area contributed by atoms with Gasteiger partial charge in [-0.25, -0.2) is 4.98 Å². The first-order chi connectivity index (χ1) is 9.72. The Morgan fingerprint density at radius 3 is 3.35 bits per heavy atom. The van der Waals surface area contributed by atoms with Crippen LogP contribution in [0.4, 0.5) is 5.13 Å². The van der Waals surface area contributed by atoms with Gasteiger partial charge in [0.05, 0.1) is 37.9 Å². The zero-order valence-electron chi connectivity index (χ0n) is 11.4. The summed E-state index contributed by atoms with van der Waals surface area (Å²) in [5, 5.41) is 11.7. The largest absolute Gasteiger partial charge is 0.466 e. The summed E-state index contributed by atoms with van der Waals surface area (Å²) in [6.07, 6.45) is 0.540. The number of carbonyl (C=O) groups is 1. The van der Waals surface area contributed by atoms with Crippen LogP contribution in [-0.4, -0.2) is 43.4 Å². The standard InChI is InChI=1S/C13H17N3O3S/c1-2-18-12(17)4-3-10-9-20-13(15-10)16-5-6-19-11(7-14)8-16/h9,11H,2-6,8H2,1H3. The van der Waals surface area contributed by atoms with E-state index >= 15 is 0 Å². The van der Waals surface area contributed by atoms with Crippen molar-refractivity contribution in [2.75, 3.05) is 31.2 Å². The Labute approximate surface area is 121 Å². The lowest BCUT2D eigenvalue weighted by atomic mass is 10.2. The van der Waals surface area contributed by atoms with E-state index in [1.54, 1.807) is 6.92 Å². The Morgan fingerprint density at radius 1 is 1.75 bits per heavy atom. The van der Waals surface area contributed by atoms with Gasteiger partial charge in [-0.2, -0.15) is 5.26 Å². The van der Waals surface area contributed by atoms with Crippen LogP contribution in [0.1, 0.15) is 19.0 Å². The third-order valence-electron chi connectivity index (χ3n) is 2.91. The van der Waals surface area contributed by atoms with Crippen LogP contribution in [0.25, 0.3) is 0 Å². The van der Waals surface area contributed by atoms with Crippen LogP contribution in [0.5, 0.6) is 0 Å². The van der Waals surface area contributed by atoms with E-state index in [1.165, 1.54) is 11.3 Å². The zero-order chi connectivity index (χ0) is 14.4.